The third-order valence-corrected chi connectivity index (χ3v) is 7.52. The van der Waals surface area contributed by atoms with Crippen molar-refractivity contribution in [2.45, 2.75) is 44.9 Å². The van der Waals surface area contributed by atoms with E-state index >= 15 is 0 Å². The number of allylic oxidation sites excluding steroid dienone is 1. The molecule has 14 heteroatoms. The van der Waals surface area contributed by atoms with Crippen molar-refractivity contribution in [1.82, 2.24) is 21.0 Å². The highest BCUT2D eigenvalue weighted by molar-refractivity contribution is 5.95. The zero-order chi connectivity index (χ0) is 31.8. The van der Waals surface area contributed by atoms with Crippen LogP contribution in [0.5, 0.6) is 11.5 Å². The molecule has 14 nitrogen and oxygen atoms in total. The topological polar surface area (TPSA) is 177 Å². The molecular weight excluding hydrogens is 572 g/mol. The number of hydrogen-bond acceptors (Lipinski definition) is 11. The van der Waals surface area contributed by atoms with Gasteiger partial charge < -0.3 is 34.9 Å². The van der Waals surface area contributed by atoms with Crippen LogP contribution in [-0.2, 0) is 9.53 Å². The van der Waals surface area contributed by atoms with Gasteiger partial charge in [0.05, 0.1) is 36.5 Å². The Balaban J connectivity index is 1.40. The van der Waals surface area contributed by atoms with E-state index in [1.165, 1.54) is 19.4 Å². The second kappa shape index (κ2) is 14.7. The largest absolute Gasteiger partial charge is 0.490 e. The van der Waals surface area contributed by atoms with Crippen LogP contribution in [0.15, 0.2) is 52.8 Å². The maximum absolute atomic E-state index is 12.4. The number of nitro benzene ring substituents is 1. The average molecular weight is 611 g/mol. The van der Waals surface area contributed by atoms with Gasteiger partial charge in [0.1, 0.15) is 6.61 Å². The number of esters is 1. The van der Waals surface area contributed by atoms with E-state index in [2.05, 4.69) is 26.1 Å². The number of nitro groups is 1. The minimum atomic E-state index is -1.21. The van der Waals surface area contributed by atoms with Crippen molar-refractivity contribution in [3.63, 3.8) is 0 Å². The Kier molecular flexibility index (Phi) is 10.7. The fourth-order valence-electron chi connectivity index (χ4n) is 5.28. The zero-order valence-electron chi connectivity index (χ0n) is 25.2. The van der Waals surface area contributed by atoms with Crippen LogP contribution >= 0.6 is 0 Å². The lowest BCUT2D eigenvalue weighted by molar-refractivity contribution is -0.385. The van der Waals surface area contributed by atoms with E-state index in [0.29, 0.717) is 34.9 Å². The highest BCUT2D eigenvalue weighted by Gasteiger charge is 2.32. The summed E-state index contributed by atoms with van der Waals surface area (Å²) in [5.41, 5.74) is 5.06. The Bertz CT molecular complexity index is 1440. The molecule has 2 amide bonds. The number of carbonyl (C=O) groups is 2. The number of benzene rings is 2. The number of aliphatic hydroxyl groups excluding tert-OH is 1. The van der Waals surface area contributed by atoms with Crippen LogP contribution in [0.25, 0.3) is 0 Å². The number of piperidine rings is 1. The van der Waals surface area contributed by atoms with Crippen LogP contribution in [0.3, 0.4) is 0 Å². The molecule has 0 saturated carbocycles. The van der Waals surface area contributed by atoms with Gasteiger partial charge in [-0.3, -0.25) is 15.5 Å². The van der Waals surface area contributed by atoms with Crippen LogP contribution in [0.1, 0.15) is 55.3 Å². The van der Waals surface area contributed by atoms with E-state index < -0.39 is 24.3 Å². The van der Waals surface area contributed by atoms with Gasteiger partial charge in [0.2, 0.25) is 0 Å². The van der Waals surface area contributed by atoms with Crippen molar-refractivity contribution < 1.29 is 33.8 Å². The number of nitrogens with zero attached hydrogens (tertiary/aromatic N) is 3. The molecule has 0 radical (unpaired) electrons. The van der Waals surface area contributed by atoms with E-state index in [-0.39, 0.29) is 28.7 Å². The summed E-state index contributed by atoms with van der Waals surface area (Å²) >= 11 is 0. The third-order valence-electron chi connectivity index (χ3n) is 7.52. The molecule has 44 heavy (non-hydrogen) atoms. The van der Waals surface area contributed by atoms with Crippen molar-refractivity contribution in [2.24, 2.45) is 5.10 Å². The minimum absolute atomic E-state index is 0.0627. The molecule has 236 valence electrons. The van der Waals surface area contributed by atoms with Crippen LogP contribution in [-0.4, -0.2) is 79.8 Å². The van der Waals surface area contributed by atoms with Crippen LogP contribution < -0.4 is 25.5 Å². The SMILES string of the molecule is CCOc1cc([C@H]2NC(=O)NC(C)=C2C(=O)OC)ccc1OC[C@@H](O)N/N=C\c1ccc(C2CCN(C)CC2)c([N+](=O)[O-])c1. The van der Waals surface area contributed by atoms with E-state index in [1.807, 2.05) is 7.05 Å². The number of nitrogens with one attached hydrogen (secondary N) is 3. The number of urea groups is 1. The van der Waals surface area contributed by atoms with Gasteiger partial charge in [-0.05, 0) is 70.4 Å². The number of amides is 2. The molecule has 0 bridgehead atoms. The molecule has 1 fully saturated rings. The van der Waals surface area contributed by atoms with Gasteiger partial charge in [-0.15, -0.1) is 0 Å². The standard InChI is InChI=1S/C30H38N6O8/c1-5-43-25-15-21(28-27(29(38)42-4)18(2)32-30(39)33-28)7-9-24(25)44-17-26(37)34-31-16-19-6-8-22(23(14-19)36(40)41)20-10-12-35(3)13-11-20/h6-9,14-16,20,26,28,34,37H,5,10-13,17H2,1-4H3,(H2,32,33,39)/b31-16-/t26-,28-/m1/s1. The molecule has 2 atom stereocenters. The molecule has 0 aliphatic carbocycles. The number of ether oxygens (including phenoxy) is 3. The smallest absolute Gasteiger partial charge is 0.337 e. The lowest BCUT2D eigenvalue weighted by Gasteiger charge is -2.28. The van der Waals surface area contributed by atoms with E-state index in [9.17, 15) is 24.8 Å². The second-order valence-corrected chi connectivity index (χ2v) is 10.6. The lowest BCUT2D eigenvalue weighted by Crippen LogP contribution is -2.45. The molecule has 2 aromatic carbocycles. The van der Waals surface area contributed by atoms with E-state index in [1.54, 1.807) is 44.2 Å². The molecular formula is C30H38N6O8. The Morgan fingerprint density at radius 2 is 1.98 bits per heavy atom. The molecule has 4 N–H and O–H groups in total. The lowest BCUT2D eigenvalue weighted by atomic mass is 9.88. The first kappa shape index (κ1) is 32.2. The fraction of sp³-hybridized carbons (Fsp3) is 0.433. The summed E-state index contributed by atoms with van der Waals surface area (Å²) in [6.45, 7) is 5.31. The summed E-state index contributed by atoms with van der Waals surface area (Å²) in [5.74, 6) is 0.212. The molecule has 1 saturated heterocycles. The molecule has 2 aliphatic heterocycles. The van der Waals surface area contributed by atoms with E-state index in [0.717, 1.165) is 31.5 Å². The number of hydrazone groups is 1. The van der Waals surface area contributed by atoms with Crippen molar-refractivity contribution >= 4 is 23.9 Å². The fourth-order valence-corrected chi connectivity index (χ4v) is 5.28. The average Bonchev–Trinajstić information content (AvgIpc) is 3.00. The highest BCUT2D eigenvalue weighted by Crippen LogP contribution is 2.36. The Morgan fingerprint density at radius 3 is 2.66 bits per heavy atom. The number of likely N-dealkylation sites (tertiary alicyclic amines) is 1. The summed E-state index contributed by atoms with van der Waals surface area (Å²) in [7, 11) is 3.31. The molecule has 2 heterocycles. The van der Waals surface area contributed by atoms with Crippen molar-refractivity contribution in [2.75, 3.05) is 40.5 Å². The van der Waals surface area contributed by atoms with Crippen LogP contribution in [0.2, 0.25) is 0 Å². The van der Waals surface area contributed by atoms with Gasteiger partial charge in [-0.1, -0.05) is 18.2 Å². The monoisotopic (exact) mass is 610 g/mol. The molecule has 4 rings (SSSR count). The van der Waals surface area contributed by atoms with E-state index in [4.69, 9.17) is 14.2 Å². The molecule has 0 spiro atoms. The quantitative estimate of drug-likeness (QED) is 0.0919. The summed E-state index contributed by atoms with van der Waals surface area (Å²) in [6, 6.07) is 8.74. The molecule has 2 aliphatic rings. The summed E-state index contributed by atoms with van der Waals surface area (Å²) in [4.78, 5) is 38.2. The Labute approximate surface area is 255 Å². The highest BCUT2D eigenvalue weighted by atomic mass is 16.6. The summed E-state index contributed by atoms with van der Waals surface area (Å²) in [5, 5.41) is 31.5. The number of rotatable bonds is 12. The van der Waals surface area contributed by atoms with Gasteiger partial charge in [0.15, 0.2) is 17.7 Å². The number of hydrogen-bond donors (Lipinski definition) is 4. The summed E-state index contributed by atoms with van der Waals surface area (Å²) < 4.78 is 16.4. The Morgan fingerprint density at radius 1 is 1.23 bits per heavy atom. The zero-order valence-corrected chi connectivity index (χ0v) is 25.2. The molecule has 0 aromatic heterocycles. The molecule has 0 unspecified atom stereocenters. The number of aliphatic hydroxyl groups is 1. The van der Waals surface area contributed by atoms with Gasteiger partial charge in [0.25, 0.3) is 5.69 Å². The van der Waals surface area contributed by atoms with Crippen molar-refractivity contribution in [1.29, 1.82) is 0 Å². The predicted molar refractivity (Wildman–Crippen MR) is 162 cm³/mol. The maximum atomic E-state index is 12.4. The minimum Gasteiger partial charge on any atom is -0.490 e. The normalized spacial score (nSPS) is 18.4. The van der Waals surface area contributed by atoms with Gasteiger partial charge in [-0.25, -0.2) is 9.59 Å². The predicted octanol–water partition coefficient (Wildman–Crippen LogP) is 2.92. The first-order chi connectivity index (χ1) is 21.1. The van der Waals surface area contributed by atoms with Crippen molar-refractivity contribution in [3.05, 3.63) is 74.5 Å². The van der Waals surface area contributed by atoms with Gasteiger partial charge in [-0.2, -0.15) is 5.10 Å². The van der Waals surface area contributed by atoms with Gasteiger partial charge >= 0.3 is 12.0 Å². The first-order valence-corrected chi connectivity index (χ1v) is 14.3. The maximum Gasteiger partial charge on any atom is 0.337 e. The second-order valence-electron chi connectivity index (χ2n) is 10.6. The molecule has 2 aromatic rings. The van der Waals surface area contributed by atoms with Crippen molar-refractivity contribution in [3.8, 4) is 11.5 Å². The van der Waals surface area contributed by atoms with Gasteiger partial charge in [0, 0.05) is 22.9 Å². The number of methoxy groups -OCH3 is 1. The van der Waals surface area contributed by atoms with Crippen LogP contribution in [0, 0.1) is 10.1 Å². The first-order valence-electron chi connectivity index (χ1n) is 14.3. The third kappa shape index (κ3) is 7.82. The Hall–Kier alpha value is -4.69. The van der Waals surface area contributed by atoms with Crippen LogP contribution in [0.4, 0.5) is 10.5 Å². The number of carbonyl (C=O) groups excluding carboxylic acids is 2. The summed E-state index contributed by atoms with van der Waals surface area (Å²) in [6.07, 6.45) is 1.92.